The highest BCUT2D eigenvalue weighted by Gasteiger charge is 2.53. The van der Waals surface area contributed by atoms with E-state index in [9.17, 15) is 14.4 Å². The number of imide groups is 1. The average Bonchev–Trinajstić information content (AvgIpc) is 2.91. The molecule has 0 spiro atoms. The fourth-order valence-electron chi connectivity index (χ4n) is 1.75. The van der Waals surface area contributed by atoms with Gasteiger partial charge in [-0.05, 0) is 12.8 Å². The molecule has 15 heavy (non-hydrogen) atoms. The predicted octanol–water partition coefficient (Wildman–Crippen LogP) is -1.05. The van der Waals surface area contributed by atoms with Gasteiger partial charge in [0.25, 0.3) is 0 Å². The lowest BCUT2D eigenvalue weighted by Gasteiger charge is -2.16. The Morgan fingerprint density at radius 3 is 2.47 bits per heavy atom. The molecule has 1 aliphatic carbocycles. The standard InChI is InChI=1S/C9H12N2O4/c1-11-6(12)4-5(7(11)13)10-9(2-3-9)8(14)15/h5,10H,2-4H2,1H3,(H,14,15). The van der Waals surface area contributed by atoms with Crippen molar-refractivity contribution in [1.82, 2.24) is 10.2 Å². The molecule has 2 rings (SSSR count). The minimum Gasteiger partial charge on any atom is -0.480 e. The van der Waals surface area contributed by atoms with Crippen molar-refractivity contribution < 1.29 is 19.5 Å². The second-order valence-electron chi connectivity index (χ2n) is 4.08. The van der Waals surface area contributed by atoms with E-state index >= 15 is 0 Å². The minimum atomic E-state index is -0.966. The fourth-order valence-corrected chi connectivity index (χ4v) is 1.75. The first-order valence-corrected chi connectivity index (χ1v) is 4.78. The molecule has 82 valence electrons. The van der Waals surface area contributed by atoms with Crippen molar-refractivity contribution in [2.24, 2.45) is 0 Å². The van der Waals surface area contributed by atoms with Crippen LogP contribution in [0.25, 0.3) is 0 Å². The number of aliphatic carboxylic acids is 1. The van der Waals surface area contributed by atoms with Crippen molar-refractivity contribution in [2.45, 2.75) is 30.8 Å². The van der Waals surface area contributed by atoms with Gasteiger partial charge in [-0.3, -0.25) is 24.6 Å². The number of rotatable bonds is 3. The fraction of sp³-hybridized carbons (Fsp3) is 0.667. The monoisotopic (exact) mass is 212 g/mol. The molecule has 0 aromatic rings. The van der Waals surface area contributed by atoms with Crippen molar-refractivity contribution in [3.8, 4) is 0 Å². The van der Waals surface area contributed by atoms with Crippen molar-refractivity contribution in [1.29, 1.82) is 0 Å². The summed E-state index contributed by atoms with van der Waals surface area (Å²) in [5.41, 5.74) is -0.966. The van der Waals surface area contributed by atoms with Crippen LogP contribution in [-0.4, -0.2) is 46.4 Å². The van der Waals surface area contributed by atoms with Gasteiger partial charge in [0.05, 0.1) is 12.5 Å². The molecule has 0 bridgehead atoms. The van der Waals surface area contributed by atoms with Crippen LogP contribution >= 0.6 is 0 Å². The number of hydrogen-bond donors (Lipinski definition) is 2. The Morgan fingerprint density at radius 2 is 2.13 bits per heavy atom. The van der Waals surface area contributed by atoms with Gasteiger partial charge in [-0.25, -0.2) is 0 Å². The molecule has 1 saturated carbocycles. The van der Waals surface area contributed by atoms with Gasteiger partial charge in [-0.2, -0.15) is 0 Å². The Labute approximate surface area is 86.2 Å². The van der Waals surface area contributed by atoms with Crippen LogP contribution in [-0.2, 0) is 14.4 Å². The summed E-state index contributed by atoms with van der Waals surface area (Å²) < 4.78 is 0. The van der Waals surface area contributed by atoms with Gasteiger partial charge >= 0.3 is 5.97 Å². The Kier molecular flexibility index (Phi) is 2.04. The molecule has 1 saturated heterocycles. The number of carbonyl (C=O) groups excluding carboxylic acids is 2. The third-order valence-electron chi connectivity index (χ3n) is 2.99. The van der Waals surface area contributed by atoms with Gasteiger partial charge in [0, 0.05) is 7.05 Å². The van der Waals surface area contributed by atoms with Crippen LogP contribution in [0.1, 0.15) is 19.3 Å². The molecule has 0 radical (unpaired) electrons. The molecule has 1 unspecified atom stereocenters. The lowest BCUT2D eigenvalue weighted by molar-refractivity contribution is -0.141. The van der Waals surface area contributed by atoms with Gasteiger partial charge < -0.3 is 5.11 Å². The number of likely N-dealkylation sites (tertiary alicyclic amines) is 1. The SMILES string of the molecule is CN1C(=O)CC(NC2(C(=O)O)CC2)C1=O. The van der Waals surface area contributed by atoms with E-state index in [-0.39, 0.29) is 18.2 Å². The predicted molar refractivity (Wildman–Crippen MR) is 48.9 cm³/mol. The first kappa shape index (κ1) is 10.1. The second kappa shape index (κ2) is 3.03. The summed E-state index contributed by atoms with van der Waals surface area (Å²) in [6.07, 6.45) is 1.10. The number of carboxylic acid groups (broad SMARTS) is 1. The number of nitrogens with zero attached hydrogens (tertiary/aromatic N) is 1. The molecule has 1 aliphatic heterocycles. The van der Waals surface area contributed by atoms with Gasteiger partial charge in [-0.15, -0.1) is 0 Å². The summed E-state index contributed by atoms with van der Waals surface area (Å²) in [7, 11) is 1.41. The number of amides is 2. The average molecular weight is 212 g/mol. The molecular weight excluding hydrogens is 200 g/mol. The maximum absolute atomic E-state index is 11.5. The van der Waals surface area contributed by atoms with Crippen LogP contribution in [0.4, 0.5) is 0 Å². The number of nitrogens with one attached hydrogen (secondary N) is 1. The largest absolute Gasteiger partial charge is 0.480 e. The van der Waals surface area contributed by atoms with Crippen LogP contribution < -0.4 is 5.32 Å². The van der Waals surface area contributed by atoms with Crippen molar-refractivity contribution in [3.63, 3.8) is 0 Å². The lowest BCUT2D eigenvalue weighted by atomic mass is 10.2. The molecule has 2 fully saturated rings. The second-order valence-corrected chi connectivity index (χ2v) is 4.08. The Balaban J connectivity index is 2.05. The highest BCUT2D eigenvalue weighted by atomic mass is 16.4. The van der Waals surface area contributed by atoms with E-state index in [4.69, 9.17) is 5.11 Å². The van der Waals surface area contributed by atoms with Crippen LogP contribution in [0.5, 0.6) is 0 Å². The third-order valence-corrected chi connectivity index (χ3v) is 2.99. The van der Waals surface area contributed by atoms with Crippen molar-refractivity contribution in [2.75, 3.05) is 7.05 Å². The number of carbonyl (C=O) groups is 3. The van der Waals surface area contributed by atoms with Crippen molar-refractivity contribution >= 4 is 17.8 Å². The van der Waals surface area contributed by atoms with E-state index in [1.165, 1.54) is 7.05 Å². The van der Waals surface area contributed by atoms with Gasteiger partial charge in [0.2, 0.25) is 11.8 Å². The third kappa shape index (κ3) is 1.50. The van der Waals surface area contributed by atoms with E-state index in [2.05, 4.69) is 5.32 Å². The highest BCUT2D eigenvalue weighted by molar-refractivity contribution is 6.05. The van der Waals surface area contributed by atoms with Crippen LogP contribution in [0, 0.1) is 0 Å². The molecule has 6 heteroatoms. The highest BCUT2D eigenvalue weighted by Crippen LogP contribution is 2.36. The normalized spacial score (nSPS) is 28.3. The van der Waals surface area contributed by atoms with E-state index in [1.54, 1.807) is 0 Å². The zero-order valence-electron chi connectivity index (χ0n) is 8.32. The number of hydrogen-bond acceptors (Lipinski definition) is 4. The molecule has 0 aromatic heterocycles. The lowest BCUT2D eigenvalue weighted by Crippen LogP contribution is -2.48. The summed E-state index contributed by atoms with van der Waals surface area (Å²) in [4.78, 5) is 34.6. The zero-order valence-corrected chi connectivity index (χ0v) is 8.32. The molecule has 0 aromatic carbocycles. The minimum absolute atomic E-state index is 0.0599. The molecule has 6 nitrogen and oxygen atoms in total. The van der Waals surface area contributed by atoms with Crippen molar-refractivity contribution in [3.05, 3.63) is 0 Å². The molecule has 1 atom stereocenters. The van der Waals surface area contributed by atoms with E-state index in [1.807, 2.05) is 0 Å². The summed E-state index contributed by atoms with van der Waals surface area (Å²) in [5.74, 6) is -1.55. The Hall–Kier alpha value is -1.43. The van der Waals surface area contributed by atoms with E-state index in [0.29, 0.717) is 12.8 Å². The molecule has 2 aliphatic rings. The quantitative estimate of drug-likeness (QED) is 0.583. The van der Waals surface area contributed by atoms with Crippen LogP contribution in [0.3, 0.4) is 0 Å². The summed E-state index contributed by atoms with van der Waals surface area (Å²) in [6.45, 7) is 0. The van der Waals surface area contributed by atoms with Gasteiger partial charge in [-0.1, -0.05) is 0 Å². The summed E-state index contributed by atoms with van der Waals surface area (Å²) in [5, 5.41) is 11.7. The number of likely N-dealkylation sites (N-methyl/N-ethyl adjacent to an activating group) is 1. The Morgan fingerprint density at radius 1 is 1.53 bits per heavy atom. The molecule has 2 N–H and O–H groups in total. The topological polar surface area (TPSA) is 86.7 Å². The maximum atomic E-state index is 11.5. The van der Waals surface area contributed by atoms with Crippen LogP contribution in [0.15, 0.2) is 0 Å². The Bertz CT molecular complexity index is 348. The molecule has 1 heterocycles. The van der Waals surface area contributed by atoms with Gasteiger partial charge in [0.15, 0.2) is 0 Å². The summed E-state index contributed by atoms with van der Waals surface area (Å²) in [6, 6.07) is -0.666. The number of carboxylic acids is 1. The molecular formula is C9H12N2O4. The van der Waals surface area contributed by atoms with E-state index in [0.717, 1.165) is 4.90 Å². The molecule has 2 amide bonds. The smallest absolute Gasteiger partial charge is 0.323 e. The van der Waals surface area contributed by atoms with E-state index < -0.39 is 17.6 Å². The zero-order chi connectivity index (χ0) is 11.2. The van der Waals surface area contributed by atoms with Crippen LogP contribution in [0.2, 0.25) is 0 Å². The first-order chi connectivity index (χ1) is 6.96. The van der Waals surface area contributed by atoms with Gasteiger partial charge in [0.1, 0.15) is 5.54 Å². The summed E-state index contributed by atoms with van der Waals surface area (Å²) >= 11 is 0. The maximum Gasteiger partial charge on any atom is 0.323 e. The first-order valence-electron chi connectivity index (χ1n) is 4.78.